The van der Waals surface area contributed by atoms with Gasteiger partial charge in [0.2, 0.25) is 5.91 Å². The van der Waals surface area contributed by atoms with E-state index < -0.39 is 0 Å². The number of nitrogens with one attached hydrogen (secondary N) is 1. The number of rotatable bonds is 8. The Morgan fingerprint density at radius 1 is 1.45 bits per heavy atom. The molecule has 112 valence electrons. The summed E-state index contributed by atoms with van der Waals surface area (Å²) in [5.41, 5.74) is 0.889. The van der Waals surface area contributed by atoms with Gasteiger partial charge in [0.05, 0.1) is 12.1 Å². The van der Waals surface area contributed by atoms with E-state index in [9.17, 15) is 4.79 Å². The van der Waals surface area contributed by atoms with Crippen LogP contribution in [0, 0.1) is 0 Å². The Balaban J connectivity index is 2.37. The van der Waals surface area contributed by atoms with Crippen LogP contribution in [0.15, 0.2) is 18.2 Å². The van der Waals surface area contributed by atoms with Gasteiger partial charge in [0.15, 0.2) is 0 Å². The van der Waals surface area contributed by atoms with Crippen LogP contribution in [-0.4, -0.2) is 38.1 Å². The predicted octanol–water partition coefficient (Wildman–Crippen LogP) is 3.41. The first-order valence-corrected chi connectivity index (χ1v) is 7.27. The standard InChI is InChI=1S/C15H23ClN2O2/c1-4-5-10-18(2)15(19)8-9-17-12-6-7-14(20-3)13(16)11-12/h6-7,11,17H,4-5,8-10H2,1-3H3. The van der Waals surface area contributed by atoms with Crippen molar-refractivity contribution in [2.24, 2.45) is 0 Å². The topological polar surface area (TPSA) is 41.6 Å². The third kappa shape index (κ3) is 5.29. The van der Waals surface area contributed by atoms with Gasteiger partial charge in [-0.2, -0.15) is 0 Å². The number of anilines is 1. The number of benzene rings is 1. The van der Waals surface area contributed by atoms with Gasteiger partial charge in [0, 0.05) is 32.2 Å². The van der Waals surface area contributed by atoms with Crippen LogP contribution in [0.4, 0.5) is 5.69 Å². The van der Waals surface area contributed by atoms with Crippen LogP contribution < -0.4 is 10.1 Å². The average molecular weight is 299 g/mol. The molecule has 0 radical (unpaired) electrons. The van der Waals surface area contributed by atoms with Gasteiger partial charge in [-0.05, 0) is 24.6 Å². The van der Waals surface area contributed by atoms with Gasteiger partial charge in [0.1, 0.15) is 5.75 Å². The zero-order chi connectivity index (χ0) is 15.0. The lowest BCUT2D eigenvalue weighted by molar-refractivity contribution is -0.129. The molecular formula is C15H23ClN2O2. The Bertz CT molecular complexity index is 438. The Kier molecular flexibility index (Phi) is 7.23. The number of methoxy groups -OCH3 is 1. The summed E-state index contributed by atoms with van der Waals surface area (Å²) in [6.45, 7) is 3.54. The van der Waals surface area contributed by atoms with Crippen molar-refractivity contribution in [3.63, 3.8) is 0 Å². The van der Waals surface area contributed by atoms with Crippen molar-refractivity contribution in [1.29, 1.82) is 0 Å². The predicted molar refractivity (Wildman–Crippen MR) is 83.7 cm³/mol. The minimum absolute atomic E-state index is 0.158. The molecule has 0 aliphatic rings. The molecule has 0 fully saturated rings. The maximum absolute atomic E-state index is 11.8. The van der Waals surface area contributed by atoms with Gasteiger partial charge in [-0.1, -0.05) is 24.9 Å². The molecule has 0 unspecified atom stereocenters. The third-order valence-electron chi connectivity index (χ3n) is 3.09. The van der Waals surface area contributed by atoms with Crippen LogP contribution in [0.25, 0.3) is 0 Å². The van der Waals surface area contributed by atoms with Crippen molar-refractivity contribution in [2.75, 3.05) is 32.6 Å². The molecule has 0 bridgehead atoms. The fraction of sp³-hybridized carbons (Fsp3) is 0.533. The number of amides is 1. The SMILES string of the molecule is CCCCN(C)C(=O)CCNc1ccc(OC)c(Cl)c1. The minimum atomic E-state index is 0.158. The molecule has 1 rings (SSSR count). The van der Waals surface area contributed by atoms with Gasteiger partial charge in [-0.3, -0.25) is 4.79 Å². The van der Waals surface area contributed by atoms with Crippen molar-refractivity contribution in [3.05, 3.63) is 23.2 Å². The lowest BCUT2D eigenvalue weighted by atomic mass is 10.2. The fourth-order valence-electron chi connectivity index (χ4n) is 1.80. The van der Waals surface area contributed by atoms with E-state index >= 15 is 0 Å². The summed E-state index contributed by atoms with van der Waals surface area (Å²) in [6.07, 6.45) is 2.62. The summed E-state index contributed by atoms with van der Waals surface area (Å²) >= 11 is 6.04. The smallest absolute Gasteiger partial charge is 0.224 e. The molecule has 0 spiro atoms. The van der Waals surface area contributed by atoms with E-state index in [0.29, 0.717) is 23.7 Å². The Hall–Kier alpha value is -1.42. The second kappa shape index (κ2) is 8.69. The Morgan fingerprint density at radius 3 is 2.80 bits per heavy atom. The number of hydrogen-bond acceptors (Lipinski definition) is 3. The highest BCUT2D eigenvalue weighted by atomic mass is 35.5. The summed E-state index contributed by atoms with van der Waals surface area (Å²) in [5.74, 6) is 0.804. The van der Waals surface area contributed by atoms with E-state index in [1.165, 1.54) is 0 Å². The number of ether oxygens (including phenoxy) is 1. The molecule has 0 saturated carbocycles. The quantitative estimate of drug-likeness (QED) is 0.799. The number of hydrogen-bond donors (Lipinski definition) is 1. The highest BCUT2D eigenvalue weighted by Crippen LogP contribution is 2.27. The molecule has 0 aromatic heterocycles. The summed E-state index contributed by atoms with van der Waals surface area (Å²) in [4.78, 5) is 13.6. The number of nitrogens with zero attached hydrogens (tertiary/aromatic N) is 1. The van der Waals surface area contributed by atoms with Crippen LogP contribution in [-0.2, 0) is 4.79 Å². The molecule has 0 heterocycles. The second-order valence-corrected chi connectivity index (χ2v) is 5.10. The van der Waals surface area contributed by atoms with E-state index in [1.54, 1.807) is 24.1 Å². The highest BCUT2D eigenvalue weighted by Gasteiger charge is 2.07. The molecule has 0 aliphatic heterocycles. The summed E-state index contributed by atoms with van der Waals surface area (Å²) < 4.78 is 5.09. The summed E-state index contributed by atoms with van der Waals surface area (Å²) in [6, 6.07) is 5.49. The van der Waals surface area contributed by atoms with Crippen LogP contribution in [0.1, 0.15) is 26.2 Å². The molecule has 5 heteroatoms. The molecular weight excluding hydrogens is 276 g/mol. The molecule has 20 heavy (non-hydrogen) atoms. The van der Waals surface area contributed by atoms with Crippen molar-refractivity contribution < 1.29 is 9.53 Å². The first-order valence-electron chi connectivity index (χ1n) is 6.89. The van der Waals surface area contributed by atoms with E-state index in [1.807, 2.05) is 13.1 Å². The van der Waals surface area contributed by atoms with Crippen molar-refractivity contribution in [2.45, 2.75) is 26.2 Å². The Morgan fingerprint density at radius 2 is 2.20 bits per heavy atom. The number of halogens is 1. The fourth-order valence-corrected chi connectivity index (χ4v) is 2.06. The molecule has 1 amide bonds. The molecule has 0 saturated heterocycles. The largest absolute Gasteiger partial charge is 0.495 e. The lowest BCUT2D eigenvalue weighted by Gasteiger charge is -2.17. The minimum Gasteiger partial charge on any atom is -0.495 e. The highest BCUT2D eigenvalue weighted by molar-refractivity contribution is 6.32. The molecule has 1 aromatic rings. The van der Waals surface area contributed by atoms with Crippen LogP contribution in [0.3, 0.4) is 0 Å². The lowest BCUT2D eigenvalue weighted by Crippen LogP contribution is -2.29. The van der Waals surface area contributed by atoms with E-state index in [2.05, 4.69) is 12.2 Å². The van der Waals surface area contributed by atoms with E-state index in [0.717, 1.165) is 25.1 Å². The Labute approximate surface area is 126 Å². The zero-order valence-electron chi connectivity index (χ0n) is 12.4. The van der Waals surface area contributed by atoms with E-state index in [4.69, 9.17) is 16.3 Å². The van der Waals surface area contributed by atoms with Crippen molar-refractivity contribution in [1.82, 2.24) is 4.90 Å². The van der Waals surface area contributed by atoms with Gasteiger partial charge in [-0.15, -0.1) is 0 Å². The number of carbonyl (C=O) groups excluding carboxylic acids is 1. The summed E-state index contributed by atoms with van der Waals surface area (Å²) in [7, 11) is 3.43. The maximum atomic E-state index is 11.8. The first-order chi connectivity index (χ1) is 9.58. The average Bonchev–Trinajstić information content (AvgIpc) is 2.44. The van der Waals surface area contributed by atoms with Gasteiger partial charge in [-0.25, -0.2) is 0 Å². The summed E-state index contributed by atoms with van der Waals surface area (Å²) in [5, 5.41) is 3.75. The molecule has 0 aliphatic carbocycles. The molecule has 1 N–H and O–H groups in total. The molecule has 1 aromatic carbocycles. The van der Waals surface area contributed by atoms with Crippen LogP contribution in [0.2, 0.25) is 5.02 Å². The van der Waals surface area contributed by atoms with E-state index in [-0.39, 0.29) is 5.91 Å². The number of unbranched alkanes of at least 4 members (excludes halogenated alkanes) is 1. The number of carbonyl (C=O) groups is 1. The van der Waals surface area contributed by atoms with Gasteiger partial charge >= 0.3 is 0 Å². The van der Waals surface area contributed by atoms with Gasteiger partial charge < -0.3 is 15.0 Å². The second-order valence-electron chi connectivity index (χ2n) is 4.69. The third-order valence-corrected chi connectivity index (χ3v) is 3.39. The van der Waals surface area contributed by atoms with Crippen LogP contribution >= 0.6 is 11.6 Å². The first kappa shape index (κ1) is 16.6. The maximum Gasteiger partial charge on any atom is 0.224 e. The van der Waals surface area contributed by atoms with Gasteiger partial charge in [0.25, 0.3) is 0 Å². The van der Waals surface area contributed by atoms with Crippen molar-refractivity contribution >= 4 is 23.2 Å². The molecule has 4 nitrogen and oxygen atoms in total. The van der Waals surface area contributed by atoms with Crippen LogP contribution in [0.5, 0.6) is 5.75 Å². The zero-order valence-corrected chi connectivity index (χ0v) is 13.2. The molecule has 0 atom stereocenters. The normalized spacial score (nSPS) is 10.2. The van der Waals surface area contributed by atoms with Crippen molar-refractivity contribution in [3.8, 4) is 5.75 Å². The monoisotopic (exact) mass is 298 g/mol.